The largest absolute Gasteiger partial charge is 0.321 e. The van der Waals surface area contributed by atoms with Crippen molar-refractivity contribution in [3.05, 3.63) is 70.7 Å². The van der Waals surface area contributed by atoms with Crippen LogP contribution in [0.2, 0.25) is 5.02 Å². The summed E-state index contributed by atoms with van der Waals surface area (Å²) in [5.41, 5.74) is 1.57. The topological polar surface area (TPSA) is 42.0 Å². The molecule has 0 saturated heterocycles. The van der Waals surface area contributed by atoms with Gasteiger partial charge in [0.1, 0.15) is 4.88 Å². The zero-order chi connectivity index (χ0) is 15.8. The Morgan fingerprint density at radius 2 is 1.74 bits per heavy atom. The van der Waals surface area contributed by atoms with Crippen LogP contribution in [0.5, 0.6) is 0 Å². The Morgan fingerprint density at radius 1 is 1.00 bits per heavy atom. The molecule has 0 unspecified atom stereocenters. The highest BCUT2D eigenvalue weighted by atomic mass is 35.5. The number of halogens is 1. The van der Waals surface area contributed by atoms with E-state index >= 15 is 0 Å². The Morgan fingerprint density at radius 3 is 2.57 bits per heavy atom. The van der Waals surface area contributed by atoms with E-state index in [2.05, 4.69) is 10.3 Å². The first-order chi connectivity index (χ1) is 11.2. The van der Waals surface area contributed by atoms with E-state index in [9.17, 15) is 4.79 Å². The number of benzene rings is 2. The van der Waals surface area contributed by atoms with E-state index in [1.54, 1.807) is 12.3 Å². The monoisotopic (exact) mass is 338 g/mol. The van der Waals surface area contributed by atoms with Gasteiger partial charge in [0.25, 0.3) is 5.91 Å². The number of amides is 1. The molecule has 112 valence electrons. The molecule has 0 bridgehead atoms. The molecule has 0 fully saturated rings. The van der Waals surface area contributed by atoms with Crippen molar-refractivity contribution in [2.45, 2.75) is 0 Å². The average Bonchev–Trinajstić information content (AvgIpc) is 2.93. The normalized spacial score (nSPS) is 11.0. The number of hydrogen-bond donors (Lipinski definition) is 1. The molecule has 23 heavy (non-hydrogen) atoms. The van der Waals surface area contributed by atoms with Crippen molar-refractivity contribution in [3.8, 4) is 0 Å². The summed E-state index contributed by atoms with van der Waals surface area (Å²) in [5, 5.41) is 5.26. The van der Waals surface area contributed by atoms with Crippen molar-refractivity contribution in [1.82, 2.24) is 4.98 Å². The third-order valence-corrected chi connectivity index (χ3v) is 5.31. The minimum Gasteiger partial charge on any atom is -0.321 e. The molecule has 2 aromatic carbocycles. The second kappa shape index (κ2) is 5.65. The maximum atomic E-state index is 12.6. The molecule has 0 aliphatic carbocycles. The van der Waals surface area contributed by atoms with E-state index in [-0.39, 0.29) is 5.91 Å². The van der Waals surface area contributed by atoms with Gasteiger partial charge in [0.2, 0.25) is 0 Å². The third kappa shape index (κ3) is 2.46. The van der Waals surface area contributed by atoms with Crippen LogP contribution in [-0.2, 0) is 0 Å². The number of carbonyl (C=O) groups excluding carboxylic acids is 1. The van der Waals surface area contributed by atoms with E-state index in [1.165, 1.54) is 11.3 Å². The Hall–Kier alpha value is -2.43. The van der Waals surface area contributed by atoms with Crippen molar-refractivity contribution in [2.75, 3.05) is 5.32 Å². The molecule has 5 heteroatoms. The first-order valence-electron chi connectivity index (χ1n) is 7.06. The predicted molar refractivity (Wildman–Crippen MR) is 96.5 cm³/mol. The Kier molecular flexibility index (Phi) is 3.48. The quantitative estimate of drug-likeness (QED) is 0.535. The van der Waals surface area contributed by atoms with Gasteiger partial charge < -0.3 is 5.32 Å². The third-order valence-electron chi connectivity index (χ3n) is 3.64. The van der Waals surface area contributed by atoms with Crippen LogP contribution in [0.4, 0.5) is 5.69 Å². The van der Waals surface area contributed by atoms with Crippen LogP contribution in [0, 0.1) is 0 Å². The lowest BCUT2D eigenvalue weighted by molar-refractivity contribution is 0.103. The summed E-state index contributed by atoms with van der Waals surface area (Å²) >= 11 is 7.77. The van der Waals surface area contributed by atoms with Gasteiger partial charge in [-0.05, 0) is 18.2 Å². The number of para-hydroxylation sites is 1. The number of hydrogen-bond acceptors (Lipinski definition) is 3. The van der Waals surface area contributed by atoms with Crippen LogP contribution >= 0.6 is 22.9 Å². The molecule has 0 aliphatic heterocycles. The zero-order valence-corrected chi connectivity index (χ0v) is 13.5. The number of fused-ring (bicyclic) bond motifs is 2. The standard InChI is InChI=1S/C18H11ClN2OS/c19-16-12-6-2-4-8-15(12)23-17(16)18(22)21-14-9-10-20-13-7-3-1-5-11(13)14/h1-10H,(H,20,21,22). The Balaban J connectivity index is 1.75. The molecule has 2 heterocycles. The fourth-order valence-electron chi connectivity index (χ4n) is 2.54. The van der Waals surface area contributed by atoms with Crippen molar-refractivity contribution >= 4 is 55.5 Å². The van der Waals surface area contributed by atoms with Crippen molar-refractivity contribution in [2.24, 2.45) is 0 Å². The van der Waals surface area contributed by atoms with E-state index in [0.29, 0.717) is 9.90 Å². The molecule has 0 aliphatic rings. The van der Waals surface area contributed by atoms with Crippen LogP contribution in [0.15, 0.2) is 60.8 Å². The van der Waals surface area contributed by atoms with Crippen LogP contribution in [0.25, 0.3) is 21.0 Å². The first-order valence-corrected chi connectivity index (χ1v) is 8.25. The lowest BCUT2D eigenvalue weighted by Gasteiger charge is -2.07. The van der Waals surface area contributed by atoms with Crippen LogP contribution in [-0.4, -0.2) is 10.9 Å². The highest BCUT2D eigenvalue weighted by molar-refractivity contribution is 7.21. The summed E-state index contributed by atoms with van der Waals surface area (Å²) in [7, 11) is 0. The van der Waals surface area contributed by atoms with Crippen molar-refractivity contribution in [1.29, 1.82) is 0 Å². The van der Waals surface area contributed by atoms with Gasteiger partial charge >= 0.3 is 0 Å². The smallest absolute Gasteiger partial charge is 0.267 e. The van der Waals surface area contributed by atoms with Gasteiger partial charge in [-0.2, -0.15) is 0 Å². The fraction of sp³-hybridized carbons (Fsp3) is 0. The van der Waals surface area contributed by atoms with Gasteiger partial charge in [0.15, 0.2) is 0 Å². The van der Waals surface area contributed by atoms with E-state index in [0.717, 1.165) is 26.7 Å². The number of rotatable bonds is 2. The second-order valence-electron chi connectivity index (χ2n) is 5.07. The van der Waals surface area contributed by atoms with Crippen LogP contribution in [0.3, 0.4) is 0 Å². The summed E-state index contributed by atoms with van der Waals surface area (Å²) in [4.78, 5) is 17.5. The molecule has 4 aromatic rings. The highest BCUT2D eigenvalue weighted by Gasteiger charge is 2.17. The minimum absolute atomic E-state index is 0.201. The van der Waals surface area contributed by atoms with E-state index < -0.39 is 0 Å². The van der Waals surface area contributed by atoms with Gasteiger partial charge in [-0.25, -0.2) is 0 Å². The first kappa shape index (κ1) is 14.2. The Labute approximate surface area is 141 Å². The number of nitrogens with one attached hydrogen (secondary N) is 1. The molecule has 3 nitrogen and oxygen atoms in total. The van der Waals surface area contributed by atoms with Gasteiger partial charge in [-0.1, -0.05) is 48.0 Å². The predicted octanol–water partition coefficient (Wildman–Crippen LogP) is 5.36. The molecule has 2 aromatic heterocycles. The molecule has 1 N–H and O–H groups in total. The SMILES string of the molecule is O=C(Nc1ccnc2ccccc12)c1sc2ccccc2c1Cl. The Bertz CT molecular complexity index is 1040. The lowest BCUT2D eigenvalue weighted by atomic mass is 10.2. The average molecular weight is 339 g/mol. The van der Waals surface area contributed by atoms with Crippen molar-refractivity contribution in [3.63, 3.8) is 0 Å². The number of thiophene rings is 1. The highest BCUT2D eigenvalue weighted by Crippen LogP contribution is 2.35. The van der Waals surface area contributed by atoms with E-state index in [1.807, 2.05) is 48.5 Å². The maximum absolute atomic E-state index is 12.6. The molecule has 1 amide bonds. The van der Waals surface area contributed by atoms with E-state index in [4.69, 9.17) is 11.6 Å². The second-order valence-corrected chi connectivity index (χ2v) is 6.50. The molecular weight excluding hydrogens is 328 g/mol. The molecule has 0 radical (unpaired) electrons. The summed E-state index contributed by atoms with van der Waals surface area (Å²) in [6.45, 7) is 0. The molecule has 0 atom stereocenters. The maximum Gasteiger partial charge on any atom is 0.267 e. The number of carbonyl (C=O) groups is 1. The summed E-state index contributed by atoms with van der Waals surface area (Å²) < 4.78 is 1.00. The number of nitrogens with zero attached hydrogens (tertiary/aromatic N) is 1. The van der Waals surface area contributed by atoms with Gasteiger partial charge in [0.05, 0.1) is 16.2 Å². The minimum atomic E-state index is -0.201. The summed E-state index contributed by atoms with van der Waals surface area (Å²) in [6, 6.07) is 17.2. The summed E-state index contributed by atoms with van der Waals surface area (Å²) in [6.07, 6.45) is 1.68. The van der Waals surface area contributed by atoms with Gasteiger partial charge in [0, 0.05) is 21.7 Å². The fourth-order valence-corrected chi connectivity index (χ4v) is 3.96. The van der Waals surface area contributed by atoms with Crippen LogP contribution in [0.1, 0.15) is 9.67 Å². The molecule has 4 rings (SSSR count). The number of aromatic nitrogens is 1. The van der Waals surface area contributed by atoms with Gasteiger partial charge in [-0.3, -0.25) is 9.78 Å². The van der Waals surface area contributed by atoms with Gasteiger partial charge in [-0.15, -0.1) is 11.3 Å². The lowest BCUT2D eigenvalue weighted by Crippen LogP contribution is -2.11. The number of pyridine rings is 1. The van der Waals surface area contributed by atoms with Crippen LogP contribution < -0.4 is 5.32 Å². The van der Waals surface area contributed by atoms with Crippen molar-refractivity contribution < 1.29 is 4.79 Å². The molecule has 0 spiro atoms. The molecular formula is C18H11ClN2OS. The summed E-state index contributed by atoms with van der Waals surface area (Å²) in [5.74, 6) is -0.201. The number of anilines is 1. The zero-order valence-electron chi connectivity index (χ0n) is 11.9. The molecule has 0 saturated carbocycles.